The van der Waals surface area contributed by atoms with Crippen LogP contribution in [0.25, 0.3) is 0 Å². The van der Waals surface area contributed by atoms with E-state index >= 15 is 0 Å². The lowest BCUT2D eigenvalue weighted by molar-refractivity contribution is 0.378. The smallest absolute Gasteiger partial charge is 0.197 e. The third kappa shape index (κ3) is 1.18. The van der Waals surface area contributed by atoms with Crippen LogP contribution >= 0.6 is 11.8 Å². The molecule has 0 heterocycles. The van der Waals surface area contributed by atoms with Crippen molar-refractivity contribution < 1.29 is 17.6 Å². The van der Waals surface area contributed by atoms with Crippen molar-refractivity contribution in [1.82, 2.24) is 0 Å². The number of thiocyanates is 1. The van der Waals surface area contributed by atoms with Gasteiger partial charge in [-0.15, -0.1) is 0 Å². The summed E-state index contributed by atoms with van der Waals surface area (Å²) in [6.07, 6.45) is 0.642. The summed E-state index contributed by atoms with van der Waals surface area (Å²) >= 11 is 1.04. The molecule has 2 fully saturated rings. The molecule has 4 bridgehead atoms. The molecule has 0 aliphatic heterocycles. The van der Waals surface area contributed by atoms with Crippen molar-refractivity contribution in [1.29, 1.82) is 5.26 Å². The van der Waals surface area contributed by atoms with Gasteiger partial charge in [0.1, 0.15) is 5.40 Å². The van der Waals surface area contributed by atoms with E-state index < -0.39 is 23.3 Å². The summed E-state index contributed by atoms with van der Waals surface area (Å²) in [4.78, 5) is 0. The van der Waals surface area contributed by atoms with Gasteiger partial charge in [-0.25, -0.2) is 17.6 Å². The van der Waals surface area contributed by atoms with Crippen LogP contribution in [0.3, 0.4) is 0 Å². The first-order valence-electron chi connectivity index (χ1n) is 5.98. The lowest BCUT2D eigenvalue weighted by Crippen LogP contribution is -2.26. The van der Waals surface area contributed by atoms with Crippen LogP contribution in [0.2, 0.25) is 0 Å². The lowest BCUT2D eigenvalue weighted by atomic mass is 9.78. The van der Waals surface area contributed by atoms with Gasteiger partial charge in [0.15, 0.2) is 23.3 Å². The highest BCUT2D eigenvalue weighted by Crippen LogP contribution is 2.75. The summed E-state index contributed by atoms with van der Waals surface area (Å²) in [6, 6.07) is 0. The van der Waals surface area contributed by atoms with E-state index in [-0.39, 0.29) is 40.0 Å². The van der Waals surface area contributed by atoms with Crippen molar-refractivity contribution >= 4 is 11.8 Å². The molecule has 6 heteroatoms. The first kappa shape index (κ1) is 11.6. The molecule has 0 amide bonds. The van der Waals surface area contributed by atoms with E-state index in [0.29, 0.717) is 6.42 Å². The molecule has 4 aliphatic carbocycles. The molecule has 0 radical (unpaired) electrons. The van der Waals surface area contributed by atoms with Crippen LogP contribution < -0.4 is 0 Å². The van der Waals surface area contributed by atoms with Gasteiger partial charge in [0.05, 0.1) is 0 Å². The van der Waals surface area contributed by atoms with Gasteiger partial charge >= 0.3 is 0 Å². The van der Waals surface area contributed by atoms with Gasteiger partial charge in [0, 0.05) is 22.3 Å². The minimum absolute atomic E-state index is 0.0254. The summed E-state index contributed by atoms with van der Waals surface area (Å²) in [5.41, 5.74) is -0.00316. The van der Waals surface area contributed by atoms with Crippen LogP contribution in [-0.4, -0.2) is 5.25 Å². The number of rotatable bonds is 1. The van der Waals surface area contributed by atoms with E-state index in [9.17, 15) is 17.6 Å². The number of halogens is 4. The van der Waals surface area contributed by atoms with E-state index in [4.69, 9.17) is 5.26 Å². The zero-order chi connectivity index (χ0) is 13.5. The fourth-order valence-electron chi connectivity index (χ4n) is 4.11. The van der Waals surface area contributed by atoms with Crippen LogP contribution in [0.15, 0.2) is 0 Å². The molecule has 5 atom stereocenters. The highest BCUT2D eigenvalue weighted by Gasteiger charge is 2.68. The Morgan fingerprint density at radius 1 is 1.00 bits per heavy atom. The lowest BCUT2D eigenvalue weighted by Gasteiger charge is -2.31. The van der Waals surface area contributed by atoms with Gasteiger partial charge < -0.3 is 0 Å². The number of hydrogen-bond donors (Lipinski definition) is 0. The fourth-order valence-corrected chi connectivity index (χ4v) is 5.17. The minimum Gasteiger partial charge on any atom is -0.203 e. The predicted octanol–water partition coefficient (Wildman–Crippen LogP) is 3.66. The largest absolute Gasteiger partial charge is 0.203 e. The Balaban J connectivity index is 1.96. The first-order valence-corrected chi connectivity index (χ1v) is 6.86. The Morgan fingerprint density at radius 3 is 2.26 bits per heavy atom. The van der Waals surface area contributed by atoms with Gasteiger partial charge in [0.25, 0.3) is 0 Å². The summed E-state index contributed by atoms with van der Waals surface area (Å²) in [5.74, 6) is -6.27. The zero-order valence-corrected chi connectivity index (χ0v) is 10.3. The van der Waals surface area contributed by atoms with E-state index in [1.165, 1.54) is 0 Å². The second-order valence-corrected chi connectivity index (χ2v) is 6.33. The molecule has 98 valence electrons. The van der Waals surface area contributed by atoms with Gasteiger partial charge in [-0.05, 0) is 35.9 Å². The molecule has 19 heavy (non-hydrogen) atoms. The normalized spacial score (nSPS) is 36.9. The third-order valence-corrected chi connectivity index (χ3v) is 5.79. The second kappa shape index (κ2) is 3.45. The van der Waals surface area contributed by atoms with Crippen LogP contribution in [0.4, 0.5) is 17.6 Å². The van der Waals surface area contributed by atoms with Crippen LogP contribution in [0.5, 0.6) is 0 Å². The molecule has 0 aromatic heterocycles. The Labute approximate surface area is 110 Å². The Hall–Kier alpha value is -1.22. The van der Waals surface area contributed by atoms with E-state index in [1.807, 2.05) is 5.40 Å². The first-order chi connectivity index (χ1) is 9.07. The number of hydrogen-bond acceptors (Lipinski definition) is 2. The van der Waals surface area contributed by atoms with Crippen LogP contribution in [0.1, 0.15) is 29.4 Å². The summed E-state index contributed by atoms with van der Waals surface area (Å²) in [7, 11) is 0. The third-order valence-electron chi connectivity index (χ3n) is 4.77. The molecule has 4 aliphatic rings. The monoisotopic (exact) mass is 285 g/mol. The van der Waals surface area contributed by atoms with Gasteiger partial charge in [0.2, 0.25) is 0 Å². The van der Waals surface area contributed by atoms with Crippen molar-refractivity contribution in [3.05, 3.63) is 34.4 Å². The average molecular weight is 285 g/mol. The summed E-state index contributed by atoms with van der Waals surface area (Å²) in [5, 5.41) is 10.6. The summed E-state index contributed by atoms with van der Waals surface area (Å²) in [6.45, 7) is 0. The maximum absolute atomic E-state index is 13.9. The van der Waals surface area contributed by atoms with Crippen molar-refractivity contribution in [3.63, 3.8) is 0 Å². The fraction of sp³-hybridized carbons (Fsp3) is 0.462. The maximum Gasteiger partial charge on any atom is 0.197 e. The van der Waals surface area contributed by atoms with Gasteiger partial charge in [-0.2, -0.15) is 5.26 Å². The average Bonchev–Trinajstić information content (AvgIpc) is 3.03. The van der Waals surface area contributed by atoms with Crippen molar-refractivity contribution in [2.45, 2.75) is 23.5 Å². The maximum atomic E-state index is 13.9. The van der Waals surface area contributed by atoms with Gasteiger partial charge in [-0.3, -0.25) is 0 Å². The van der Waals surface area contributed by atoms with Gasteiger partial charge in [-0.1, -0.05) is 0 Å². The van der Waals surface area contributed by atoms with Crippen LogP contribution in [0, 0.1) is 45.8 Å². The SMILES string of the molecule is N#CS[C@@H]1[C@H]2C3C[C@@H]1c1c(F)c(F)c(F)c(F)c1[C@H]32. The van der Waals surface area contributed by atoms with Crippen molar-refractivity contribution in [2.24, 2.45) is 11.8 Å². The van der Waals surface area contributed by atoms with E-state index in [0.717, 1.165) is 11.8 Å². The minimum atomic E-state index is -1.74. The Kier molecular flexibility index (Phi) is 2.11. The highest BCUT2D eigenvalue weighted by molar-refractivity contribution is 8.04. The van der Waals surface area contributed by atoms with Crippen molar-refractivity contribution in [3.8, 4) is 5.40 Å². The summed E-state index contributed by atoms with van der Waals surface area (Å²) < 4.78 is 54.5. The van der Waals surface area contributed by atoms with Crippen molar-refractivity contribution in [2.75, 3.05) is 0 Å². The van der Waals surface area contributed by atoms with Crippen LogP contribution in [-0.2, 0) is 0 Å². The molecule has 1 unspecified atom stereocenters. The Morgan fingerprint density at radius 2 is 1.63 bits per heavy atom. The standard InChI is InChI=1S/C13H7F4NS/c14-9-6-4-1-3-5(7(3)13(4)19-2-18)8(6)10(15)12(17)11(9)16/h3-5,7,13H,1H2/t3?,4-,5-,7+,13+/m1/s1. The topological polar surface area (TPSA) is 23.8 Å². The molecular formula is C13H7F4NS. The molecule has 1 nitrogen and oxygen atoms in total. The zero-order valence-electron chi connectivity index (χ0n) is 9.46. The molecule has 0 spiro atoms. The molecule has 2 saturated carbocycles. The molecular weight excluding hydrogens is 278 g/mol. The predicted molar refractivity (Wildman–Crippen MR) is 60.3 cm³/mol. The molecule has 1 aromatic rings. The molecule has 0 saturated heterocycles. The number of nitrogens with zero attached hydrogens (tertiary/aromatic N) is 1. The molecule has 5 rings (SSSR count). The second-order valence-electron chi connectivity index (χ2n) is 5.37. The Bertz CT molecular complexity index is 653. The van der Waals surface area contributed by atoms with E-state index in [1.54, 1.807) is 0 Å². The molecule has 1 aromatic carbocycles. The van der Waals surface area contributed by atoms with E-state index in [2.05, 4.69) is 0 Å². The quantitative estimate of drug-likeness (QED) is 0.340. The number of benzene rings is 1. The number of thioether (sulfide) groups is 1. The highest BCUT2D eigenvalue weighted by atomic mass is 32.2. The number of nitriles is 1. The molecule has 0 N–H and O–H groups in total.